The van der Waals surface area contributed by atoms with Gasteiger partial charge in [0, 0.05) is 13.2 Å². The maximum absolute atomic E-state index is 13.2. The zero-order chi connectivity index (χ0) is 14.6. The lowest BCUT2D eigenvalue weighted by molar-refractivity contribution is 0.0940. The number of aliphatic hydroxyl groups is 1. The molecule has 0 fully saturated rings. The second-order valence-electron chi connectivity index (χ2n) is 3.63. The van der Waals surface area contributed by atoms with Gasteiger partial charge in [-0.1, -0.05) is 0 Å². The molecule has 0 bridgehead atoms. The molecule has 0 aliphatic heterocycles. The largest absolute Gasteiger partial charge is 0.396 e. The second-order valence-corrected chi connectivity index (χ2v) is 3.63. The summed E-state index contributed by atoms with van der Waals surface area (Å²) in [6.07, 6.45) is 0.634. The lowest BCUT2D eigenvalue weighted by Crippen LogP contribution is -2.28. The summed E-state index contributed by atoms with van der Waals surface area (Å²) >= 11 is 0. The zero-order valence-corrected chi connectivity index (χ0v) is 9.57. The molecule has 1 aromatic rings. The minimum absolute atomic E-state index is 0.0567. The number of hydrogen-bond acceptors (Lipinski definition) is 2. The van der Waals surface area contributed by atoms with E-state index in [2.05, 4.69) is 0 Å². The summed E-state index contributed by atoms with van der Waals surface area (Å²) in [6.45, 7) is -0.197. The van der Waals surface area contributed by atoms with Gasteiger partial charge in [-0.2, -0.15) is 0 Å². The van der Waals surface area contributed by atoms with Crippen LogP contribution in [0.2, 0.25) is 0 Å². The Morgan fingerprint density at radius 1 is 0.895 bits per heavy atom. The van der Waals surface area contributed by atoms with Crippen molar-refractivity contribution in [2.75, 3.05) is 13.2 Å². The summed E-state index contributed by atoms with van der Waals surface area (Å²) in [7, 11) is 0. The van der Waals surface area contributed by atoms with Crippen molar-refractivity contribution in [1.29, 1.82) is 0 Å². The van der Waals surface area contributed by atoms with E-state index in [4.69, 9.17) is 5.11 Å². The van der Waals surface area contributed by atoms with Crippen molar-refractivity contribution < 1.29 is 31.9 Å². The number of unbranched alkanes of at least 4 members (excludes halogenated alkanes) is 1. The third kappa shape index (κ3) is 3.19. The van der Waals surface area contributed by atoms with Gasteiger partial charge in [-0.3, -0.25) is 4.79 Å². The van der Waals surface area contributed by atoms with E-state index in [9.17, 15) is 26.7 Å². The van der Waals surface area contributed by atoms with Crippen LogP contribution in [0.15, 0.2) is 0 Å². The van der Waals surface area contributed by atoms with Crippen LogP contribution in [-0.4, -0.2) is 24.2 Å². The highest BCUT2D eigenvalue weighted by molar-refractivity contribution is 5.94. The predicted octanol–water partition coefficient (Wildman–Crippen LogP) is 1.88. The molecule has 0 heterocycles. The van der Waals surface area contributed by atoms with Gasteiger partial charge in [-0.25, -0.2) is 22.0 Å². The Hall–Kier alpha value is -1.70. The van der Waals surface area contributed by atoms with Crippen molar-refractivity contribution in [3.63, 3.8) is 0 Å². The summed E-state index contributed by atoms with van der Waals surface area (Å²) in [4.78, 5) is 11.4. The highest BCUT2D eigenvalue weighted by Crippen LogP contribution is 2.22. The van der Waals surface area contributed by atoms with E-state index < -0.39 is 40.6 Å². The maximum Gasteiger partial charge on any atom is 0.257 e. The molecule has 3 nitrogen and oxygen atoms in total. The minimum Gasteiger partial charge on any atom is -0.396 e. The third-order valence-corrected chi connectivity index (χ3v) is 2.31. The molecule has 0 unspecified atom stereocenters. The molecule has 106 valence electrons. The molecule has 0 saturated heterocycles. The first-order valence-corrected chi connectivity index (χ1v) is 5.32. The van der Waals surface area contributed by atoms with E-state index in [0.717, 1.165) is 0 Å². The fourth-order valence-electron chi connectivity index (χ4n) is 1.33. The highest BCUT2D eigenvalue weighted by atomic mass is 19.2. The molecule has 8 heteroatoms. The van der Waals surface area contributed by atoms with E-state index in [0.29, 0.717) is 12.8 Å². The van der Waals surface area contributed by atoms with E-state index in [-0.39, 0.29) is 13.2 Å². The van der Waals surface area contributed by atoms with Crippen LogP contribution in [0.4, 0.5) is 22.0 Å². The van der Waals surface area contributed by atoms with E-state index in [1.54, 1.807) is 0 Å². The number of amides is 1. The van der Waals surface area contributed by atoms with Crippen molar-refractivity contribution in [3.05, 3.63) is 34.6 Å². The molecule has 0 aliphatic carbocycles. The molecule has 0 radical (unpaired) electrons. The number of hydrogen-bond donors (Lipinski definition) is 2. The SMILES string of the molecule is O=C(NCCCCO)c1c(F)c(F)c(F)c(F)c1F. The summed E-state index contributed by atoms with van der Waals surface area (Å²) in [5.41, 5.74) is -1.51. The van der Waals surface area contributed by atoms with Crippen molar-refractivity contribution in [1.82, 2.24) is 5.32 Å². The fourth-order valence-corrected chi connectivity index (χ4v) is 1.33. The third-order valence-electron chi connectivity index (χ3n) is 2.31. The lowest BCUT2D eigenvalue weighted by atomic mass is 10.1. The van der Waals surface area contributed by atoms with E-state index in [1.165, 1.54) is 0 Å². The van der Waals surface area contributed by atoms with Gasteiger partial charge in [-0.15, -0.1) is 0 Å². The van der Waals surface area contributed by atoms with Crippen molar-refractivity contribution in [2.45, 2.75) is 12.8 Å². The number of carbonyl (C=O) groups excluding carboxylic acids is 1. The summed E-state index contributed by atoms with van der Waals surface area (Å²) in [6, 6.07) is 0. The normalized spacial score (nSPS) is 10.6. The van der Waals surface area contributed by atoms with E-state index in [1.807, 2.05) is 5.32 Å². The van der Waals surface area contributed by atoms with Crippen LogP contribution in [0, 0.1) is 29.1 Å². The standard InChI is InChI=1S/C11H10F5NO2/c12-6-5(11(19)17-3-1-2-4-18)7(13)9(15)10(16)8(6)14/h18H,1-4H2,(H,17,19). The lowest BCUT2D eigenvalue weighted by Gasteiger charge is -2.08. The van der Waals surface area contributed by atoms with Crippen LogP contribution in [0.25, 0.3) is 0 Å². The average Bonchev–Trinajstić information content (AvgIpc) is 2.39. The van der Waals surface area contributed by atoms with Gasteiger partial charge in [0.05, 0.1) is 0 Å². The van der Waals surface area contributed by atoms with Crippen LogP contribution in [0.3, 0.4) is 0 Å². The van der Waals surface area contributed by atoms with Gasteiger partial charge in [0.15, 0.2) is 23.3 Å². The summed E-state index contributed by atoms with van der Waals surface area (Å²) < 4.78 is 64.8. The smallest absolute Gasteiger partial charge is 0.257 e. The second kappa shape index (κ2) is 6.46. The van der Waals surface area contributed by atoms with Crippen LogP contribution in [0.5, 0.6) is 0 Å². The van der Waals surface area contributed by atoms with Gasteiger partial charge >= 0.3 is 0 Å². The Bertz CT molecular complexity index is 463. The first-order valence-electron chi connectivity index (χ1n) is 5.32. The monoisotopic (exact) mass is 283 g/mol. The first kappa shape index (κ1) is 15.4. The molecule has 1 rings (SSSR count). The minimum atomic E-state index is -2.31. The number of carbonyl (C=O) groups is 1. The highest BCUT2D eigenvalue weighted by Gasteiger charge is 2.29. The Kier molecular flexibility index (Phi) is 5.22. The maximum atomic E-state index is 13.2. The summed E-state index contributed by atoms with van der Waals surface area (Å²) in [5, 5.41) is 10.5. The predicted molar refractivity (Wildman–Crippen MR) is 54.9 cm³/mol. The Labute approximate surface area is 105 Å². The van der Waals surface area contributed by atoms with Crippen molar-refractivity contribution >= 4 is 5.91 Å². The first-order chi connectivity index (χ1) is 8.91. The Balaban J connectivity index is 2.97. The quantitative estimate of drug-likeness (QED) is 0.375. The number of nitrogens with one attached hydrogen (secondary N) is 1. The molecular weight excluding hydrogens is 273 g/mol. The Morgan fingerprint density at radius 2 is 1.37 bits per heavy atom. The molecule has 2 N–H and O–H groups in total. The molecule has 0 spiro atoms. The van der Waals surface area contributed by atoms with Crippen LogP contribution in [0.1, 0.15) is 23.2 Å². The molecule has 1 aromatic carbocycles. The molecular formula is C11H10F5NO2. The number of aliphatic hydroxyl groups excluding tert-OH is 1. The van der Waals surface area contributed by atoms with E-state index >= 15 is 0 Å². The van der Waals surface area contributed by atoms with Crippen LogP contribution >= 0.6 is 0 Å². The van der Waals surface area contributed by atoms with Crippen molar-refractivity contribution in [2.24, 2.45) is 0 Å². The van der Waals surface area contributed by atoms with Gasteiger partial charge in [-0.05, 0) is 12.8 Å². The molecule has 0 saturated carbocycles. The molecule has 1 amide bonds. The number of benzene rings is 1. The van der Waals surface area contributed by atoms with Crippen LogP contribution < -0.4 is 5.32 Å². The molecule has 0 aromatic heterocycles. The number of halogens is 5. The molecule has 0 atom stereocenters. The molecule has 19 heavy (non-hydrogen) atoms. The topological polar surface area (TPSA) is 49.3 Å². The van der Waals surface area contributed by atoms with Gasteiger partial charge < -0.3 is 10.4 Å². The molecule has 0 aliphatic rings. The van der Waals surface area contributed by atoms with Gasteiger partial charge in [0.2, 0.25) is 5.82 Å². The average molecular weight is 283 g/mol. The Morgan fingerprint density at radius 3 is 1.84 bits per heavy atom. The number of rotatable bonds is 5. The fraction of sp³-hybridized carbons (Fsp3) is 0.364. The van der Waals surface area contributed by atoms with Crippen LogP contribution in [-0.2, 0) is 0 Å². The van der Waals surface area contributed by atoms with Gasteiger partial charge in [0.1, 0.15) is 5.56 Å². The zero-order valence-electron chi connectivity index (χ0n) is 9.57. The summed E-state index contributed by atoms with van der Waals surface area (Å²) in [5.74, 6) is -12.4. The van der Waals surface area contributed by atoms with Crippen molar-refractivity contribution in [3.8, 4) is 0 Å². The van der Waals surface area contributed by atoms with Gasteiger partial charge in [0.25, 0.3) is 5.91 Å².